The highest BCUT2D eigenvalue weighted by Crippen LogP contribution is 2.37. The minimum absolute atomic E-state index is 0.0894. The fraction of sp³-hybridized carbons (Fsp3) is 0.190. The highest BCUT2D eigenvalue weighted by atomic mass is 35.5. The summed E-state index contributed by atoms with van der Waals surface area (Å²) >= 11 is 11.4. The van der Waals surface area contributed by atoms with E-state index in [9.17, 15) is 14.0 Å². The summed E-state index contributed by atoms with van der Waals surface area (Å²) < 4.78 is 24.4. The summed E-state index contributed by atoms with van der Waals surface area (Å²) in [4.78, 5) is 26.6. The van der Waals surface area contributed by atoms with E-state index in [-0.39, 0.29) is 15.7 Å². The van der Waals surface area contributed by atoms with Crippen molar-refractivity contribution in [1.29, 1.82) is 0 Å². The number of ether oxygens (including phenoxy) is 2. The molecule has 0 saturated carbocycles. The molecule has 30 heavy (non-hydrogen) atoms. The van der Waals surface area contributed by atoms with E-state index in [1.807, 2.05) is 13.8 Å². The predicted molar refractivity (Wildman–Crippen MR) is 116 cm³/mol. The van der Waals surface area contributed by atoms with Gasteiger partial charge in [-0.15, -0.1) is 0 Å². The van der Waals surface area contributed by atoms with Crippen molar-refractivity contribution in [3.05, 3.63) is 58.4 Å². The van der Waals surface area contributed by atoms with Gasteiger partial charge in [-0.2, -0.15) is 0 Å². The number of carbonyl (C=O) groups excluding carboxylic acids is 2. The van der Waals surface area contributed by atoms with Gasteiger partial charge in [0.1, 0.15) is 11.4 Å². The van der Waals surface area contributed by atoms with Crippen molar-refractivity contribution < 1.29 is 23.5 Å². The number of thiocarbonyl (C=S) groups is 1. The van der Waals surface area contributed by atoms with E-state index in [2.05, 4.69) is 5.32 Å². The molecule has 1 aliphatic heterocycles. The third-order valence-corrected chi connectivity index (χ3v) is 4.68. The molecule has 9 heteroatoms. The number of hydrogen-bond acceptors (Lipinski definition) is 5. The van der Waals surface area contributed by atoms with E-state index in [0.29, 0.717) is 36.0 Å². The third-order valence-electron chi connectivity index (χ3n) is 4.12. The van der Waals surface area contributed by atoms with Crippen LogP contribution in [0.2, 0.25) is 5.02 Å². The monoisotopic (exact) mass is 448 g/mol. The second-order valence-corrected chi connectivity index (χ2v) is 6.92. The van der Waals surface area contributed by atoms with Crippen LogP contribution < -0.4 is 19.7 Å². The van der Waals surface area contributed by atoms with Crippen LogP contribution in [0.3, 0.4) is 0 Å². The normalized spacial score (nSPS) is 15.4. The molecule has 1 heterocycles. The first-order chi connectivity index (χ1) is 14.3. The fourth-order valence-corrected chi connectivity index (χ4v) is 3.42. The van der Waals surface area contributed by atoms with E-state index < -0.39 is 17.6 Å². The summed E-state index contributed by atoms with van der Waals surface area (Å²) in [6, 6.07) is 8.39. The third kappa shape index (κ3) is 4.44. The fourth-order valence-electron chi connectivity index (χ4n) is 2.87. The molecular weight excluding hydrogens is 431 g/mol. The number of nitrogens with zero attached hydrogens (tertiary/aromatic N) is 1. The summed E-state index contributed by atoms with van der Waals surface area (Å²) in [6.45, 7) is 4.40. The average Bonchev–Trinajstić information content (AvgIpc) is 2.69. The molecule has 3 rings (SSSR count). The molecule has 0 spiro atoms. The summed E-state index contributed by atoms with van der Waals surface area (Å²) in [7, 11) is 0. The van der Waals surface area contributed by atoms with E-state index in [4.69, 9.17) is 33.3 Å². The first kappa shape index (κ1) is 21.7. The lowest BCUT2D eigenvalue weighted by molar-refractivity contribution is -0.122. The standard InChI is InChI=1S/C21H18ClFN2O4S/c1-3-28-17-11-12(10-16(22)18(17)29-4-2)9-15-19(26)24-21(30)25(20(15)27)14-7-5-13(23)6-8-14/h5-11H,3-4H2,1-2H3,(H,24,26,30)/b15-9-. The Balaban J connectivity index is 2.03. The second kappa shape index (κ2) is 9.23. The Labute approximate surface area is 183 Å². The van der Waals surface area contributed by atoms with Crippen molar-refractivity contribution in [2.75, 3.05) is 18.1 Å². The number of carbonyl (C=O) groups is 2. The van der Waals surface area contributed by atoms with Crippen LogP contribution in [0.5, 0.6) is 11.5 Å². The van der Waals surface area contributed by atoms with Gasteiger partial charge in [-0.3, -0.25) is 19.8 Å². The summed E-state index contributed by atoms with van der Waals surface area (Å²) in [5.41, 5.74) is 0.643. The topological polar surface area (TPSA) is 67.9 Å². The minimum Gasteiger partial charge on any atom is -0.490 e. The Bertz CT molecular complexity index is 1040. The zero-order valence-electron chi connectivity index (χ0n) is 16.2. The number of hydrogen-bond donors (Lipinski definition) is 1. The maximum absolute atomic E-state index is 13.2. The van der Waals surface area contributed by atoms with Gasteiger partial charge in [0.05, 0.1) is 23.9 Å². The Morgan fingerprint density at radius 3 is 2.43 bits per heavy atom. The molecule has 1 fully saturated rings. The zero-order valence-corrected chi connectivity index (χ0v) is 17.8. The van der Waals surface area contributed by atoms with Crippen molar-refractivity contribution >= 4 is 52.5 Å². The lowest BCUT2D eigenvalue weighted by Gasteiger charge is -2.29. The maximum Gasteiger partial charge on any atom is 0.270 e. The molecule has 2 aromatic carbocycles. The smallest absolute Gasteiger partial charge is 0.270 e. The molecule has 0 atom stereocenters. The lowest BCUT2D eigenvalue weighted by atomic mass is 10.1. The van der Waals surface area contributed by atoms with Gasteiger partial charge in [0.15, 0.2) is 16.6 Å². The van der Waals surface area contributed by atoms with E-state index in [0.717, 1.165) is 4.90 Å². The molecule has 1 aliphatic rings. The van der Waals surface area contributed by atoms with Crippen molar-refractivity contribution in [2.45, 2.75) is 13.8 Å². The number of nitrogens with one attached hydrogen (secondary N) is 1. The van der Waals surface area contributed by atoms with Gasteiger partial charge in [0.25, 0.3) is 11.8 Å². The predicted octanol–water partition coefficient (Wildman–Crippen LogP) is 4.11. The van der Waals surface area contributed by atoms with Crippen molar-refractivity contribution in [3.63, 3.8) is 0 Å². The molecule has 2 amide bonds. The Morgan fingerprint density at radius 1 is 1.13 bits per heavy atom. The Morgan fingerprint density at radius 2 is 1.80 bits per heavy atom. The van der Waals surface area contributed by atoms with E-state index in [1.165, 1.54) is 30.3 Å². The first-order valence-electron chi connectivity index (χ1n) is 9.11. The minimum atomic E-state index is -0.647. The number of amides is 2. The molecule has 0 aliphatic carbocycles. The maximum atomic E-state index is 13.2. The van der Waals surface area contributed by atoms with E-state index >= 15 is 0 Å². The molecule has 0 bridgehead atoms. The van der Waals surface area contributed by atoms with Gasteiger partial charge in [-0.05, 0) is 74.1 Å². The second-order valence-electron chi connectivity index (χ2n) is 6.13. The molecule has 0 aromatic heterocycles. The first-order valence-corrected chi connectivity index (χ1v) is 9.90. The number of anilines is 1. The highest BCUT2D eigenvalue weighted by Gasteiger charge is 2.34. The van der Waals surface area contributed by atoms with E-state index in [1.54, 1.807) is 12.1 Å². The highest BCUT2D eigenvalue weighted by molar-refractivity contribution is 7.80. The lowest BCUT2D eigenvalue weighted by Crippen LogP contribution is -2.54. The zero-order chi connectivity index (χ0) is 21.8. The number of halogens is 2. The Hall–Kier alpha value is -2.97. The van der Waals surface area contributed by atoms with Gasteiger partial charge in [-0.1, -0.05) is 11.6 Å². The van der Waals surface area contributed by atoms with Crippen molar-refractivity contribution in [1.82, 2.24) is 5.32 Å². The van der Waals surface area contributed by atoms with Crippen LogP contribution in [-0.2, 0) is 9.59 Å². The summed E-state index contributed by atoms with van der Waals surface area (Å²) in [6.07, 6.45) is 1.39. The Kier molecular flexibility index (Phi) is 6.69. The summed E-state index contributed by atoms with van der Waals surface area (Å²) in [5, 5.41) is 2.67. The van der Waals surface area contributed by atoms with Gasteiger partial charge >= 0.3 is 0 Å². The van der Waals surface area contributed by atoms with Gasteiger partial charge in [0, 0.05) is 0 Å². The van der Waals surface area contributed by atoms with Crippen molar-refractivity contribution in [2.24, 2.45) is 0 Å². The van der Waals surface area contributed by atoms with Gasteiger partial charge in [-0.25, -0.2) is 4.39 Å². The van der Waals surface area contributed by atoms with Crippen LogP contribution in [0.1, 0.15) is 19.4 Å². The SMILES string of the molecule is CCOc1cc(/C=C2/C(=O)NC(=S)N(c3ccc(F)cc3)C2=O)cc(Cl)c1OCC. The van der Waals surface area contributed by atoms with Gasteiger partial charge in [0.2, 0.25) is 0 Å². The quantitative estimate of drug-likeness (QED) is 0.409. The van der Waals surface area contributed by atoms with Crippen LogP contribution >= 0.6 is 23.8 Å². The van der Waals surface area contributed by atoms with Crippen LogP contribution in [0, 0.1) is 5.82 Å². The van der Waals surface area contributed by atoms with Crippen LogP contribution in [-0.4, -0.2) is 30.1 Å². The molecule has 2 aromatic rings. The van der Waals surface area contributed by atoms with Crippen LogP contribution in [0.4, 0.5) is 10.1 Å². The summed E-state index contributed by atoms with van der Waals surface area (Å²) in [5.74, 6) is -0.962. The molecule has 6 nitrogen and oxygen atoms in total. The largest absolute Gasteiger partial charge is 0.490 e. The molecule has 1 N–H and O–H groups in total. The molecule has 1 saturated heterocycles. The average molecular weight is 449 g/mol. The van der Waals surface area contributed by atoms with Crippen LogP contribution in [0.25, 0.3) is 6.08 Å². The van der Waals surface area contributed by atoms with Crippen molar-refractivity contribution in [3.8, 4) is 11.5 Å². The molecule has 0 radical (unpaired) electrons. The molecular formula is C21H18ClFN2O4S. The molecule has 0 unspecified atom stereocenters. The van der Waals surface area contributed by atoms with Gasteiger partial charge < -0.3 is 9.47 Å². The number of benzene rings is 2. The van der Waals surface area contributed by atoms with Crippen LogP contribution in [0.15, 0.2) is 42.0 Å². The number of rotatable bonds is 6. The molecule has 156 valence electrons.